The summed E-state index contributed by atoms with van der Waals surface area (Å²) in [6.07, 6.45) is 4.72. The van der Waals surface area contributed by atoms with Crippen LogP contribution in [0.1, 0.15) is 27.2 Å². The first-order valence-electron chi connectivity index (χ1n) is 4.00. The lowest BCUT2D eigenvalue weighted by atomic mass is 9.78. The predicted molar refractivity (Wildman–Crippen MR) is 42.3 cm³/mol. The minimum absolute atomic E-state index is 0.224. The van der Waals surface area contributed by atoms with E-state index in [1.54, 1.807) is 0 Å². The number of hydrogen-bond donors (Lipinski definition) is 1. The second-order valence-electron chi connectivity index (χ2n) is 4.31. The van der Waals surface area contributed by atoms with Gasteiger partial charge in [0.2, 0.25) is 0 Å². The van der Waals surface area contributed by atoms with E-state index < -0.39 is 11.2 Å². The van der Waals surface area contributed by atoms with Crippen molar-refractivity contribution in [3.05, 3.63) is 12.2 Å². The largest absolute Gasteiger partial charge is 0.387 e. The summed E-state index contributed by atoms with van der Waals surface area (Å²) in [5.74, 6) is 0. The summed E-state index contributed by atoms with van der Waals surface area (Å²) in [4.78, 5) is 0. The number of rotatable bonds is 0. The minimum atomic E-state index is -0.698. The van der Waals surface area contributed by atoms with Gasteiger partial charge in [-0.25, -0.2) is 0 Å². The van der Waals surface area contributed by atoms with Crippen molar-refractivity contribution in [2.75, 3.05) is 0 Å². The molecule has 2 aliphatic rings. The summed E-state index contributed by atoms with van der Waals surface area (Å²) in [6, 6.07) is 0. The van der Waals surface area contributed by atoms with E-state index in [1.165, 1.54) is 0 Å². The number of ether oxygens (including phenoxy) is 1. The summed E-state index contributed by atoms with van der Waals surface area (Å²) >= 11 is 0. The summed E-state index contributed by atoms with van der Waals surface area (Å²) in [7, 11) is 0. The molecule has 2 rings (SSSR count). The van der Waals surface area contributed by atoms with Gasteiger partial charge in [-0.05, 0) is 20.8 Å². The molecule has 0 aromatic rings. The van der Waals surface area contributed by atoms with E-state index in [0.29, 0.717) is 6.42 Å². The average molecular weight is 154 g/mol. The molecular formula is C9H14O2. The number of aliphatic hydroxyl groups is 1. The van der Waals surface area contributed by atoms with Gasteiger partial charge in [-0.3, -0.25) is 0 Å². The minimum Gasteiger partial charge on any atom is -0.387 e. The molecule has 2 heteroatoms. The van der Waals surface area contributed by atoms with E-state index in [2.05, 4.69) is 0 Å². The quantitative estimate of drug-likeness (QED) is 0.532. The van der Waals surface area contributed by atoms with Gasteiger partial charge >= 0.3 is 0 Å². The van der Waals surface area contributed by atoms with Crippen LogP contribution in [0.3, 0.4) is 0 Å². The van der Waals surface area contributed by atoms with Crippen LogP contribution in [0.5, 0.6) is 0 Å². The molecule has 1 fully saturated rings. The Morgan fingerprint density at radius 1 is 1.27 bits per heavy atom. The highest BCUT2D eigenvalue weighted by Gasteiger charge is 2.59. The molecule has 3 atom stereocenters. The molecular weight excluding hydrogens is 140 g/mol. The molecule has 0 amide bonds. The van der Waals surface area contributed by atoms with E-state index >= 15 is 0 Å². The fourth-order valence-corrected chi connectivity index (χ4v) is 2.13. The molecule has 0 radical (unpaired) electrons. The zero-order valence-electron chi connectivity index (χ0n) is 7.22. The second kappa shape index (κ2) is 1.54. The van der Waals surface area contributed by atoms with Crippen molar-refractivity contribution in [1.82, 2.24) is 0 Å². The van der Waals surface area contributed by atoms with Crippen LogP contribution in [0, 0.1) is 0 Å². The van der Waals surface area contributed by atoms with Crippen LogP contribution in [-0.4, -0.2) is 21.9 Å². The molecule has 0 saturated carbocycles. The van der Waals surface area contributed by atoms with Crippen LogP contribution in [0.25, 0.3) is 0 Å². The molecule has 2 heterocycles. The van der Waals surface area contributed by atoms with E-state index in [0.717, 1.165) is 0 Å². The Hall–Kier alpha value is -0.340. The molecule has 0 aliphatic carbocycles. The topological polar surface area (TPSA) is 29.5 Å². The molecule has 62 valence electrons. The van der Waals surface area contributed by atoms with E-state index in [4.69, 9.17) is 4.74 Å². The molecule has 2 nitrogen and oxygen atoms in total. The highest BCUT2D eigenvalue weighted by molar-refractivity contribution is 5.28. The molecule has 11 heavy (non-hydrogen) atoms. The summed E-state index contributed by atoms with van der Waals surface area (Å²) in [6.45, 7) is 5.78. The Bertz CT molecular complexity index is 232. The lowest BCUT2D eigenvalue weighted by molar-refractivity contribution is -0.0797. The first-order chi connectivity index (χ1) is 4.87. The average Bonchev–Trinajstić information content (AvgIpc) is 2.13. The Morgan fingerprint density at radius 2 is 1.91 bits per heavy atom. The molecule has 1 N–H and O–H groups in total. The van der Waals surface area contributed by atoms with Gasteiger partial charge in [-0.1, -0.05) is 12.2 Å². The second-order valence-corrected chi connectivity index (χ2v) is 4.31. The Labute approximate surface area is 66.9 Å². The van der Waals surface area contributed by atoms with Gasteiger partial charge in [0.05, 0.1) is 11.2 Å². The van der Waals surface area contributed by atoms with Crippen LogP contribution in [0.4, 0.5) is 0 Å². The van der Waals surface area contributed by atoms with Crippen LogP contribution < -0.4 is 0 Å². The molecule has 2 bridgehead atoms. The maximum Gasteiger partial charge on any atom is 0.113 e. The van der Waals surface area contributed by atoms with Crippen molar-refractivity contribution in [1.29, 1.82) is 0 Å². The van der Waals surface area contributed by atoms with Crippen LogP contribution in [0.2, 0.25) is 0 Å². The fraction of sp³-hybridized carbons (Fsp3) is 0.778. The highest BCUT2D eigenvalue weighted by atomic mass is 16.6. The van der Waals surface area contributed by atoms with Crippen LogP contribution in [0.15, 0.2) is 12.2 Å². The van der Waals surface area contributed by atoms with Crippen LogP contribution in [-0.2, 0) is 4.74 Å². The van der Waals surface area contributed by atoms with Gasteiger partial charge < -0.3 is 9.84 Å². The van der Waals surface area contributed by atoms with Gasteiger partial charge in [-0.2, -0.15) is 0 Å². The normalized spacial score (nSPS) is 60.7. The lowest BCUT2D eigenvalue weighted by Gasteiger charge is -2.31. The van der Waals surface area contributed by atoms with E-state index in [9.17, 15) is 5.11 Å². The summed E-state index contributed by atoms with van der Waals surface area (Å²) in [5.41, 5.74) is -1.38. The van der Waals surface area contributed by atoms with Gasteiger partial charge in [0.25, 0.3) is 0 Å². The maximum atomic E-state index is 9.93. The third-order valence-corrected chi connectivity index (χ3v) is 2.96. The van der Waals surface area contributed by atoms with E-state index in [-0.39, 0.29) is 5.60 Å². The Kier molecular flexibility index (Phi) is 1.03. The van der Waals surface area contributed by atoms with E-state index in [1.807, 2.05) is 32.9 Å². The number of hydrogen-bond acceptors (Lipinski definition) is 2. The zero-order valence-corrected chi connectivity index (χ0v) is 7.22. The third kappa shape index (κ3) is 0.741. The molecule has 3 unspecified atom stereocenters. The number of fused-ring (bicyclic) bond motifs is 2. The predicted octanol–water partition coefficient (Wildman–Crippen LogP) is 1.24. The first kappa shape index (κ1) is 7.32. The molecule has 1 saturated heterocycles. The maximum absolute atomic E-state index is 9.93. The summed E-state index contributed by atoms with van der Waals surface area (Å²) in [5, 5.41) is 9.93. The van der Waals surface area contributed by atoms with Crippen LogP contribution >= 0.6 is 0 Å². The Morgan fingerprint density at radius 3 is 2.09 bits per heavy atom. The lowest BCUT2D eigenvalue weighted by Crippen LogP contribution is -2.44. The monoisotopic (exact) mass is 154 g/mol. The van der Waals surface area contributed by atoms with Crippen molar-refractivity contribution in [3.63, 3.8) is 0 Å². The zero-order chi connectivity index (χ0) is 8.33. The van der Waals surface area contributed by atoms with Crippen molar-refractivity contribution in [3.8, 4) is 0 Å². The smallest absolute Gasteiger partial charge is 0.113 e. The third-order valence-electron chi connectivity index (χ3n) is 2.96. The summed E-state index contributed by atoms with van der Waals surface area (Å²) < 4.78 is 5.70. The van der Waals surface area contributed by atoms with Crippen molar-refractivity contribution in [2.24, 2.45) is 0 Å². The fourth-order valence-electron chi connectivity index (χ4n) is 2.13. The molecule has 0 aromatic carbocycles. The van der Waals surface area contributed by atoms with Gasteiger partial charge in [0.1, 0.15) is 5.60 Å². The first-order valence-corrected chi connectivity index (χ1v) is 4.00. The SMILES string of the molecule is CC12C=CC(C)(O1)C(C)(O)C2. The van der Waals surface area contributed by atoms with Crippen molar-refractivity contribution >= 4 is 0 Å². The molecule has 0 spiro atoms. The van der Waals surface area contributed by atoms with Gasteiger partial charge in [-0.15, -0.1) is 0 Å². The molecule has 0 aromatic heterocycles. The van der Waals surface area contributed by atoms with Crippen molar-refractivity contribution in [2.45, 2.75) is 44.0 Å². The van der Waals surface area contributed by atoms with Gasteiger partial charge in [0, 0.05) is 6.42 Å². The standard InChI is InChI=1S/C9H14O2/c1-7-4-5-9(3,11-7)8(2,10)6-7/h4-5,10H,6H2,1-3H3. The molecule has 2 aliphatic heterocycles. The Balaban J connectivity index is 2.45. The highest BCUT2D eigenvalue weighted by Crippen LogP contribution is 2.51. The van der Waals surface area contributed by atoms with Crippen molar-refractivity contribution < 1.29 is 9.84 Å². The van der Waals surface area contributed by atoms with Gasteiger partial charge in [0.15, 0.2) is 0 Å².